The van der Waals surface area contributed by atoms with Gasteiger partial charge >= 0.3 is 5.90 Å². The molecule has 0 fully saturated rings. The highest BCUT2D eigenvalue weighted by molar-refractivity contribution is 5.99. The zero-order valence-electron chi connectivity index (χ0n) is 22.1. The van der Waals surface area contributed by atoms with Crippen molar-refractivity contribution in [3.8, 4) is 17.3 Å². The number of fused-ring (bicyclic) bond motifs is 3. The first kappa shape index (κ1) is 25.5. The Kier molecular flexibility index (Phi) is 7.44. The van der Waals surface area contributed by atoms with Crippen LogP contribution in [0.15, 0.2) is 83.7 Å². The van der Waals surface area contributed by atoms with E-state index < -0.39 is 6.29 Å². The third-order valence-corrected chi connectivity index (χ3v) is 6.49. The van der Waals surface area contributed by atoms with Crippen LogP contribution >= 0.6 is 0 Å². The fraction of sp³-hybridized carbons (Fsp3) is 0.267. The molecule has 0 amide bonds. The van der Waals surface area contributed by atoms with Crippen LogP contribution in [0.4, 0.5) is 11.4 Å². The summed E-state index contributed by atoms with van der Waals surface area (Å²) in [5.41, 5.74) is 2.18. The molecule has 1 aliphatic heterocycles. The van der Waals surface area contributed by atoms with Crippen LogP contribution in [-0.4, -0.2) is 48.8 Å². The molecule has 196 valence electrons. The number of nitrogens with zero attached hydrogens (tertiary/aromatic N) is 3. The van der Waals surface area contributed by atoms with Crippen LogP contribution in [0.5, 0.6) is 11.6 Å². The standard InChI is InChI=1S/C30H32N3O5/c1-5-36-27(37-6-2)20-26-31(3)33(22-12-8-7-9-13-22)28-24-14-10-11-15-25(24)29(34)32(30(28)38-26)21-16-18-23(35-4)19-17-21/h7-19,27H,5-6,20H2,1-4H3/q+1. The molecule has 0 bridgehead atoms. The number of hydrogen-bond acceptors (Lipinski definition) is 6. The average molecular weight is 515 g/mol. The lowest BCUT2D eigenvalue weighted by atomic mass is 10.1. The van der Waals surface area contributed by atoms with Crippen molar-refractivity contribution in [3.63, 3.8) is 0 Å². The maximum atomic E-state index is 14.0. The van der Waals surface area contributed by atoms with E-state index in [-0.39, 0.29) is 5.56 Å². The van der Waals surface area contributed by atoms with Gasteiger partial charge in [0.25, 0.3) is 5.56 Å². The van der Waals surface area contributed by atoms with Crippen molar-refractivity contribution in [1.29, 1.82) is 0 Å². The predicted molar refractivity (Wildman–Crippen MR) is 148 cm³/mol. The minimum absolute atomic E-state index is 0.174. The first-order chi connectivity index (χ1) is 18.6. The van der Waals surface area contributed by atoms with Gasteiger partial charge < -0.3 is 18.9 Å². The van der Waals surface area contributed by atoms with E-state index in [1.54, 1.807) is 11.7 Å². The molecule has 0 spiro atoms. The zero-order chi connectivity index (χ0) is 26.6. The van der Waals surface area contributed by atoms with Gasteiger partial charge in [0.15, 0.2) is 19.0 Å². The van der Waals surface area contributed by atoms with Crippen LogP contribution in [-0.2, 0) is 9.47 Å². The maximum Gasteiger partial charge on any atom is 0.377 e. The zero-order valence-corrected chi connectivity index (χ0v) is 22.1. The molecular formula is C30H32N3O5+. The first-order valence-corrected chi connectivity index (χ1v) is 12.7. The summed E-state index contributed by atoms with van der Waals surface area (Å²) >= 11 is 0. The van der Waals surface area contributed by atoms with Crippen molar-refractivity contribution in [1.82, 2.24) is 4.57 Å². The molecule has 0 radical (unpaired) electrons. The van der Waals surface area contributed by atoms with Gasteiger partial charge in [0.2, 0.25) is 5.88 Å². The molecule has 0 unspecified atom stereocenters. The van der Waals surface area contributed by atoms with Crippen LogP contribution < -0.4 is 20.0 Å². The molecule has 5 rings (SSSR count). The van der Waals surface area contributed by atoms with E-state index in [0.717, 1.165) is 16.8 Å². The Hall–Kier alpha value is -4.14. The quantitative estimate of drug-likeness (QED) is 0.224. The topological polar surface area (TPSA) is 65.2 Å². The monoisotopic (exact) mass is 514 g/mol. The molecule has 8 heteroatoms. The maximum absolute atomic E-state index is 14.0. The van der Waals surface area contributed by atoms with Gasteiger partial charge in [-0.25, -0.2) is 4.57 Å². The summed E-state index contributed by atoms with van der Waals surface area (Å²) in [6.07, 6.45) is -0.145. The molecule has 3 aromatic carbocycles. The summed E-state index contributed by atoms with van der Waals surface area (Å²) in [5.74, 6) is 1.71. The van der Waals surface area contributed by atoms with Crippen molar-refractivity contribution in [2.45, 2.75) is 26.6 Å². The molecule has 1 aromatic heterocycles. The second-order valence-electron chi connectivity index (χ2n) is 8.75. The molecule has 4 aromatic rings. The van der Waals surface area contributed by atoms with E-state index in [0.29, 0.717) is 48.2 Å². The van der Waals surface area contributed by atoms with E-state index in [2.05, 4.69) is 5.01 Å². The van der Waals surface area contributed by atoms with Crippen LogP contribution in [0.25, 0.3) is 16.5 Å². The first-order valence-electron chi connectivity index (χ1n) is 12.7. The third kappa shape index (κ3) is 4.64. The number of rotatable bonds is 9. The van der Waals surface area contributed by atoms with Crippen LogP contribution in [0.3, 0.4) is 0 Å². The Morgan fingerprint density at radius 2 is 1.47 bits per heavy atom. The van der Waals surface area contributed by atoms with Gasteiger partial charge in [-0.3, -0.25) is 4.79 Å². The number of methoxy groups -OCH3 is 1. The molecule has 0 saturated heterocycles. The summed E-state index contributed by atoms with van der Waals surface area (Å²) in [5, 5.41) is 3.45. The molecule has 38 heavy (non-hydrogen) atoms. The molecular weight excluding hydrogens is 482 g/mol. The fourth-order valence-corrected chi connectivity index (χ4v) is 4.74. The Morgan fingerprint density at radius 1 is 0.842 bits per heavy atom. The smallest absolute Gasteiger partial charge is 0.377 e. The van der Waals surface area contributed by atoms with E-state index >= 15 is 0 Å². The van der Waals surface area contributed by atoms with E-state index in [1.165, 1.54) is 0 Å². The summed E-state index contributed by atoms with van der Waals surface area (Å²) < 4.78 is 27.2. The van der Waals surface area contributed by atoms with Crippen molar-refractivity contribution >= 4 is 28.0 Å². The lowest BCUT2D eigenvalue weighted by Gasteiger charge is -2.30. The minimum Gasteiger partial charge on any atom is -0.497 e. The number of benzene rings is 3. The van der Waals surface area contributed by atoms with Crippen LogP contribution in [0.1, 0.15) is 20.3 Å². The summed E-state index contributed by atoms with van der Waals surface area (Å²) in [7, 11) is 3.56. The highest BCUT2D eigenvalue weighted by atomic mass is 16.7. The molecule has 1 aliphatic rings. The fourth-order valence-electron chi connectivity index (χ4n) is 4.74. The lowest BCUT2D eigenvalue weighted by molar-refractivity contribution is -0.512. The predicted octanol–water partition coefficient (Wildman–Crippen LogP) is 5.27. The number of hydrazone groups is 1. The molecule has 0 aliphatic carbocycles. The number of ether oxygens (including phenoxy) is 4. The number of hydrogen-bond donors (Lipinski definition) is 0. The Morgan fingerprint density at radius 3 is 2.11 bits per heavy atom. The number of hydrazine groups is 1. The Labute approximate surface area is 221 Å². The SMILES string of the molecule is CCOC(CC1=[N+](C)N(c2ccccc2)c2c(n(-c3ccc(OC)cc3)c(=O)c3ccccc23)O1)OCC. The van der Waals surface area contributed by atoms with E-state index in [9.17, 15) is 4.79 Å². The van der Waals surface area contributed by atoms with Crippen LogP contribution in [0.2, 0.25) is 0 Å². The molecule has 0 N–H and O–H groups in total. The minimum atomic E-state index is -0.497. The number of para-hydroxylation sites is 1. The highest BCUT2D eigenvalue weighted by Gasteiger charge is 2.39. The van der Waals surface area contributed by atoms with Gasteiger partial charge in [0, 0.05) is 18.6 Å². The van der Waals surface area contributed by atoms with Gasteiger partial charge in [-0.15, -0.1) is 5.01 Å². The second-order valence-corrected chi connectivity index (χ2v) is 8.75. The average Bonchev–Trinajstić information content (AvgIpc) is 2.95. The number of anilines is 2. The lowest BCUT2D eigenvalue weighted by Crippen LogP contribution is -2.43. The Bertz CT molecular complexity index is 1510. The van der Waals surface area contributed by atoms with Gasteiger partial charge in [0.1, 0.15) is 17.9 Å². The van der Waals surface area contributed by atoms with E-state index in [1.807, 2.05) is 104 Å². The van der Waals surface area contributed by atoms with Crippen molar-refractivity contribution in [2.75, 3.05) is 32.4 Å². The van der Waals surface area contributed by atoms with Gasteiger partial charge in [0.05, 0.1) is 18.2 Å². The molecule has 0 saturated carbocycles. The highest BCUT2D eigenvalue weighted by Crippen LogP contribution is 2.42. The summed E-state index contributed by atoms with van der Waals surface area (Å²) in [4.78, 5) is 14.0. The van der Waals surface area contributed by atoms with Crippen LogP contribution in [0, 0.1) is 0 Å². The number of aromatic nitrogens is 1. The number of pyridine rings is 1. The van der Waals surface area contributed by atoms with Gasteiger partial charge in [-0.05, 0) is 56.3 Å². The summed E-state index contributed by atoms with van der Waals surface area (Å²) in [6, 6.07) is 25.0. The van der Waals surface area contributed by atoms with Gasteiger partial charge in [-0.1, -0.05) is 41.1 Å². The molecule has 8 nitrogen and oxygen atoms in total. The Balaban J connectivity index is 1.80. The van der Waals surface area contributed by atoms with Gasteiger partial charge in [-0.2, -0.15) is 0 Å². The summed E-state index contributed by atoms with van der Waals surface area (Å²) in [6.45, 7) is 4.87. The van der Waals surface area contributed by atoms with E-state index in [4.69, 9.17) is 18.9 Å². The van der Waals surface area contributed by atoms with Crippen molar-refractivity contribution < 1.29 is 23.6 Å². The second kappa shape index (κ2) is 11.1. The largest absolute Gasteiger partial charge is 0.497 e. The molecule has 2 heterocycles. The molecule has 0 atom stereocenters. The van der Waals surface area contributed by atoms with Crippen molar-refractivity contribution in [3.05, 3.63) is 89.2 Å². The normalized spacial score (nSPS) is 13.1. The third-order valence-electron chi connectivity index (χ3n) is 6.49. The van der Waals surface area contributed by atoms with Crippen molar-refractivity contribution in [2.24, 2.45) is 0 Å².